The first kappa shape index (κ1) is 11.4. The van der Waals surface area contributed by atoms with Crippen LogP contribution in [0, 0.1) is 11.3 Å². The normalized spacial score (nSPS) is 28.3. The number of hydrogen-bond acceptors (Lipinski definition) is 1. The molecule has 100 valence electrons. The minimum atomic E-state index is 0.539. The zero-order valence-electron chi connectivity index (χ0n) is 11.7. The molecule has 3 aliphatic carbocycles. The number of H-pyrrole nitrogens is 1. The zero-order valence-corrected chi connectivity index (χ0v) is 11.7. The lowest BCUT2D eigenvalue weighted by Gasteiger charge is -2.61. The molecular weight excluding hydrogens is 234 g/mol. The topological polar surface area (TPSA) is 25.0 Å². The van der Waals surface area contributed by atoms with Crippen LogP contribution in [0.15, 0.2) is 24.3 Å². The third-order valence-electron chi connectivity index (χ3n) is 4.95. The predicted molar refractivity (Wildman–Crippen MR) is 77.7 cm³/mol. The maximum atomic E-state index is 6.01. The van der Waals surface area contributed by atoms with Gasteiger partial charge in [-0.2, -0.15) is 0 Å². The van der Waals surface area contributed by atoms with Gasteiger partial charge in [-0.15, -0.1) is 0 Å². The lowest BCUT2D eigenvalue weighted by Crippen LogP contribution is -2.55. The summed E-state index contributed by atoms with van der Waals surface area (Å²) in [5.41, 5.74) is 3.05. The number of rotatable bonds is 4. The molecule has 19 heavy (non-hydrogen) atoms. The highest BCUT2D eigenvalue weighted by atomic mass is 16.5. The van der Waals surface area contributed by atoms with Gasteiger partial charge in [0, 0.05) is 22.7 Å². The summed E-state index contributed by atoms with van der Waals surface area (Å²) in [6, 6.07) is 8.65. The second-order valence-electron chi connectivity index (χ2n) is 6.90. The summed E-state index contributed by atoms with van der Waals surface area (Å²) in [6.07, 6.45) is 4.19. The smallest absolute Gasteiger partial charge is 0.121 e. The van der Waals surface area contributed by atoms with Gasteiger partial charge in [-0.1, -0.05) is 13.8 Å². The highest BCUT2D eigenvalue weighted by Crippen LogP contribution is 2.64. The average molecular weight is 255 g/mol. The van der Waals surface area contributed by atoms with Crippen LogP contribution < -0.4 is 4.74 Å². The number of aromatic nitrogens is 1. The SMILES string of the molecule is CC(C)c1cc2ccc(OCC34CC(C3)C4)cc2[nH]1. The van der Waals surface area contributed by atoms with E-state index in [-0.39, 0.29) is 0 Å². The molecule has 0 amide bonds. The molecule has 5 rings (SSSR count). The van der Waals surface area contributed by atoms with Crippen LogP contribution in [-0.4, -0.2) is 11.6 Å². The average Bonchev–Trinajstić information content (AvgIpc) is 2.68. The molecule has 0 aliphatic heterocycles. The Balaban J connectivity index is 1.53. The Morgan fingerprint density at radius 3 is 2.68 bits per heavy atom. The van der Waals surface area contributed by atoms with Crippen molar-refractivity contribution in [1.29, 1.82) is 0 Å². The van der Waals surface area contributed by atoms with E-state index >= 15 is 0 Å². The summed E-state index contributed by atoms with van der Waals surface area (Å²) in [4.78, 5) is 3.49. The summed E-state index contributed by atoms with van der Waals surface area (Å²) < 4.78 is 6.01. The minimum Gasteiger partial charge on any atom is -0.493 e. The van der Waals surface area contributed by atoms with Crippen molar-refractivity contribution in [2.24, 2.45) is 11.3 Å². The Labute approximate surface area is 114 Å². The van der Waals surface area contributed by atoms with Gasteiger partial charge in [0.25, 0.3) is 0 Å². The molecule has 2 bridgehead atoms. The Morgan fingerprint density at radius 1 is 1.26 bits per heavy atom. The van der Waals surface area contributed by atoms with Crippen LogP contribution in [0.4, 0.5) is 0 Å². The van der Waals surface area contributed by atoms with Crippen LogP contribution in [0.1, 0.15) is 44.7 Å². The molecule has 3 aliphatic rings. The van der Waals surface area contributed by atoms with Crippen LogP contribution >= 0.6 is 0 Å². The van der Waals surface area contributed by atoms with Gasteiger partial charge in [-0.05, 0) is 54.7 Å². The molecule has 0 atom stereocenters. The van der Waals surface area contributed by atoms with Crippen molar-refractivity contribution in [3.63, 3.8) is 0 Å². The molecule has 1 N–H and O–H groups in total. The molecule has 3 fully saturated rings. The fourth-order valence-corrected chi connectivity index (χ4v) is 3.60. The van der Waals surface area contributed by atoms with E-state index in [4.69, 9.17) is 4.74 Å². The second kappa shape index (κ2) is 3.78. The van der Waals surface area contributed by atoms with Crippen molar-refractivity contribution in [2.75, 3.05) is 6.61 Å². The van der Waals surface area contributed by atoms with Gasteiger partial charge in [0.1, 0.15) is 5.75 Å². The number of benzene rings is 1. The molecule has 3 saturated carbocycles. The van der Waals surface area contributed by atoms with E-state index in [1.807, 2.05) is 0 Å². The second-order valence-corrected chi connectivity index (χ2v) is 6.90. The van der Waals surface area contributed by atoms with Gasteiger partial charge >= 0.3 is 0 Å². The largest absolute Gasteiger partial charge is 0.493 e. The monoisotopic (exact) mass is 255 g/mol. The first-order valence-electron chi connectivity index (χ1n) is 7.39. The Morgan fingerprint density at radius 2 is 2.05 bits per heavy atom. The maximum absolute atomic E-state index is 6.01. The maximum Gasteiger partial charge on any atom is 0.121 e. The molecule has 2 nitrogen and oxygen atoms in total. The Hall–Kier alpha value is -1.44. The lowest BCUT2D eigenvalue weighted by molar-refractivity contribution is -0.131. The molecule has 0 unspecified atom stereocenters. The fraction of sp³-hybridized carbons (Fsp3) is 0.529. The van der Waals surface area contributed by atoms with Crippen molar-refractivity contribution in [3.05, 3.63) is 30.0 Å². The van der Waals surface area contributed by atoms with E-state index in [0.717, 1.165) is 18.3 Å². The Bertz CT molecular complexity index is 608. The third kappa shape index (κ3) is 1.77. The number of fused-ring (bicyclic) bond motifs is 1. The van der Waals surface area contributed by atoms with Gasteiger partial charge in [0.05, 0.1) is 6.61 Å². The molecule has 0 radical (unpaired) electrons. The number of aromatic amines is 1. The van der Waals surface area contributed by atoms with Crippen LogP contribution in [0.25, 0.3) is 10.9 Å². The summed E-state index contributed by atoms with van der Waals surface area (Å²) in [6.45, 7) is 5.34. The van der Waals surface area contributed by atoms with Crippen molar-refractivity contribution in [2.45, 2.75) is 39.0 Å². The van der Waals surface area contributed by atoms with Gasteiger partial charge in [-0.25, -0.2) is 0 Å². The standard InChI is InChI=1S/C17H21NO/c1-11(2)15-5-13-3-4-14(6-16(13)18-15)19-10-17-7-12(8-17)9-17/h3-6,11-12,18H,7-10H2,1-2H3. The molecule has 2 aromatic rings. The first-order chi connectivity index (χ1) is 9.13. The van der Waals surface area contributed by atoms with E-state index in [9.17, 15) is 0 Å². The van der Waals surface area contributed by atoms with Crippen molar-refractivity contribution >= 4 is 10.9 Å². The molecule has 2 heteroatoms. The van der Waals surface area contributed by atoms with E-state index in [0.29, 0.717) is 11.3 Å². The van der Waals surface area contributed by atoms with Crippen LogP contribution in [-0.2, 0) is 0 Å². The van der Waals surface area contributed by atoms with E-state index in [1.165, 1.54) is 35.9 Å². The summed E-state index contributed by atoms with van der Waals surface area (Å²) in [7, 11) is 0. The number of nitrogens with one attached hydrogen (secondary N) is 1. The Kier molecular flexibility index (Phi) is 2.27. The molecule has 0 spiro atoms. The van der Waals surface area contributed by atoms with Gasteiger partial charge in [-0.3, -0.25) is 0 Å². The van der Waals surface area contributed by atoms with Crippen molar-refractivity contribution in [1.82, 2.24) is 4.98 Å². The molecule has 0 saturated heterocycles. The van der Waals surface area contributed by atoms with Crippen LogP contribution in [0.2, 0.25) is 0 Å². The predicted octanol–water partition coefficient (Wildman–Crippen LogP) is 4.47. The van der Waals surface area contributed by atoms with E-state index in [2.05, 4.69) is 43.1 Å². The first-order valence-corrected chi connectivity index (χ1v) is 7.39. The highest BCUT2D eigenvalue weighted by molar-refractivity contribution is 5.82. The number of ether oxygens (including phenoxy) is 1. The van der Waals surface area contributed by atoms with Gasteiger partial charge < -0.3 is 9.72 Å². The summed E-state index contributed by atoms with van der Waals surface area (Å²) >= 11 is 0. The van der Waals surface area contributed by atoms with E-state index in [1.54, 1.807) is 0 Å². The molecular formula is C17H21NO. The quantitative estimate of drug-likeness (QED) is 0.856. The van der Waals surface area contributed by atoms with Gasteiger partial charge in [0.2, 0.25) is 0 Å². The zero-order chi connectivity index (χ0) is 13.0. The van der Waals surface area contributed by atoms with Crippen LogP contribution in [0.5, 0.6) is 5.75 Å². The third-order valence-corrected chi connectivity index (χ3v) is 4.95. The molecule has 1 aromatic carbocycles. The van der Waals surface area contributed by atoms with Crippen molar-refractivity contribution in [3.8, 4) is 5.75 Å². The summed E-state index contributed by atoms with van der Waals surface area (Å²) in [5, 5.41) is 1.28. The molecule has 1 aromatic heterocycles. The van der Waals surface area contributed by atoms with Gasteiger partial charge in [0.15, 0.2) is 0 Å². The fourth-order valence-electron chi connectivity index (χ4n) is 3.60. The van der Waals surface area contributed by atoms with E-state index < -0.39 is 0 Å². The van der Waals surface area contributed by atoms with Crippen molar-refractivity contribution < 1.29 is 4.74 Å². The van der Waals surface area contributed by atoms with Crippen LogP contribution in [0.3, 0.4) is 0 Å². The number of hydrogen-bond donors (Lipinski definition) is 1. The molecule has 1 heterocycles. The minimum absolute atomic E-state index is 0.539. The summed E-state index contributed by atoms with van der Waals surface area (Å²) in [5.74, 6) is 2.58. The highest BCUT2D eigenvalue weighted by Gasteiger charge is 2.56. The lowest BCUT2D eigenvalue weighted by atomic mass is 9.45.